The summed E-state index contributed by atoms with van der Waals surface area (Å²) in [4.78, 5) is 25.5. The standard InChI is InChI=1S/C12H14ClNO4/c1-3-7-6-14-12(11(13)8(7)4-2)18-10(17)5-9(15)16/h6H,3-5H2,1-2H3,(H,15,16). The van der Waals surface area contributed by atoms with E-state index in [0.29, 0.717) is 6.42 Å². The van der Waals surface area contributed by atoms with Gasteiger partial charge in [0.2, 0.25) is 5.88 Å². The second kappa shape index (κ2) is 6.35. The number of pyridine rings is 1. The number of aryl methyl sites for hydroxylation is 1. The Morgan fingerprint density at radius 3 is 2.56 bits per heavy atom. The minimum atomic E-state index is -1.25. The van der Waals surface area contributed by atoms with Crippen molar-refractivity contribution < 1.29 is 19.4 Å². The van der Waals surface area contributed by atoms with E-state index in [-0.39, 0.29) is 10.9 Å². The fourth-order valence-corrected chi connectivity index (χ4v) is 1.91. The Labute approximate surface area is 110 Å². The molecule has 0 spiro atoms. The molecule has 1 rings (SSSR count). The quantitative estimate of drug-likeness (QED) is 0.656. The fourth-order valence-electron chi connectivity index (χ4n) is 1.57. The lowest BCUT2D eigenvalue weighted by atomic mass is 10.1. The summed E-state index contributed by atoms with van der Waals surface area (Å²) >= 11 is 6.09. The van der Waals surface area contributed by atoms with Gasteiger partial charge in [0.05, 0.1) is 0 Å². The smallest absolute Gasteiger partial charge is 0.323 e. The van der Waals surface area contributed by atoms with E-state index in [1.165, 1.54) is 0 Å². The van der Waals surface area contributed by atoms with Crippen LogP contribution in [0.5, 0.6) is 5.88 Å². The number of aliphatic carboxylic acids is 1. The van der Waals surface area contributed by atoms with Crippen molar-refractivity contribution in [2.24, 2.45) is 0 Å². The summed E-state index contributed by atoms with van der Waals surface area (Å²) in [6.45, 7) is 3.91. The van der Waals surface area contributed by atoms with Crippen LogP contribution in [-0.4, -0.2) is 22.0 Å². The summed E-state index contributed by atoms with van der Waals surface area (Å²) in [5, 5.41) is 8.73. The molecule has 0 unspecified atom stereocenters. The van der Waals surface area contributed by atoms with Crippen LogP contribution in [0.3, 0.4) is 0 Å². The zero-order chi connectivity index (χ0) is 13.7. The van der Waals surface area contributed by atoms with E-state index < -0.39 is 18.4 Å². The highest BCUT2D eigenvalue weighted by molar-refractivity contribution is 6.32. The van der Waals surface area contributed by atoms with E-state index in [9.17, 15) is 9.59 Å². The number of ether oxygens (including phenoxy) is 1. The molecule has 1 heterocycles. The summed E-state index contributed by atoms with van der Waals surface area (Å²) < 4.78 is 4.84. The molecule has 0 saturated carbocycles. The third kappa shape index (κ3) is 3.43. The molecule has 5 nitrogen and oxygen atoms in total. The van der Waals surface area contributed by atoms with Gasteiger partial charge in [-0.2, -0.15) is 0 Å². The van der Waals surface area contributed by atoms with Crippen LogP contribution < -0.4 is 4.74 Å². The number of carbonyl (C=O) groups excluding carboxylic acids is 1. The Morgan fingerprint density at radius 1 is 1.39 bits per heavy atom. The molecule has 0 atom stereocenters. The van der Waals surface area contributed by atoms with Gasteiger partial charge in [-0.05, 0) is 24.0 Å². The normalized spacial score (nSPS) is 10.2. The summed E-state index contributed by atoms with van der Waals surface area (Å²) in [5.41, 5.74) is 1.85. The van der Waals surface area contributed by atoms with Crippen LogP contribution in [-0.2, 0) is 22.4 Å². The highest BCUT2D eigenvalue weighted by Crippen LogP contribution is 2.29. The maximum atomic E-state index is 11.2. The Morgan fingerprint density at radius 2 is 2.06 bits per heavy atom. The molecule has 1 N–H and O–H groups in total. The van der Waals surface area contributed by atoms with Gasteiger partial charge in [-0.25, -0.2) is 4.98 Å². The summed E-state index contributed by atoms with van der Waals surface area (Å²) in [6.07, 6.45) is 2.34. The molecule has 18 heavy (non-hydrogen) atoms. The van der Waals surface area contributed by atoms with Crippen LogP contribution in [0.15, 0.2) is 6.20 Å². The molecule has 0 radical (unpaired) electrons. The number of halogens is 1. The first-order valence-corrected chi connectivity index (χ1v) is 5.96. The first-order chi connectivity index (χ1) is 8.49. The Kier molecular flexibility index (Phi) is 5.09. The lowest BCUT2D eigenvalue weighted by Gasteiger charge is -2.11. The van der Waals surface area contributed by atoms with Gasteiger partial charge in [0, 0.05) is 6.20 Å². The van der Waals surface area contributed by atoms with E-state index in [1.54, 1.807) is 6.20 Å². The molecule has 0 aromatic carbocycles. The average molecular weight is 272 g/mol. The van der Waals surface area contributed by atoms with Crippen molar-refractivity contribution in [3.8, 4) is 5.88 Å². The van der Waals surface area contributed by atoms with Gasteiger partial charge >= 0.3 is 11.9 Å². The Bertz CT molecular complexity index is 473. The third-order valence-electron chi connectivity index (χ3n) is 2.42. The molecule has 98 valence electrons. The maximum Gasteiger partial charge on any atom is 0.323 e. The van der Waals surface area contributed by atoms with Crippen LogP contribution >= 0.6 is 11.6 Å². The zero-order valence-corrected chi connectivity index (χ0v) is 11.0. The van der Waals surface area contributed by atoms with Gasteiger partial charge in [-0.1, -0.05) is 25.4 Å². The minimum absolute atomic E-state index is 0.0306. The molecule has 1 aromatic rings. The fraction of sp³-hybridized carbons (Fsp3) is 0.417. The first-order valence-electron chi connectivity index (χ1n) is 5.58. The van der Waals surface area contributed by atoms with Crippen molar-refractivity contribution in [3.05, 3.63) is 22.3 Å². The topological polar surface area (TPSA) is 76.5 Å². The number of hydrogen-bond donors (Lipinski definition) is 1. The van der Waals surface area contributed by atoms with Gasteiger partial charge < -0.3 is 9.84 Å². The summed E-state index contributed by atoms with van der Waals surface area (Å²) in [6, 6.07) is 0. The highest BCUT2D eigenvalue weighted by atomic mass is 35.5. The molecule has 0 bridgehead atoms. The Hall–Kier alpha value is -1.62. The van der Waals surface area contributed by atoms with E-state index in [0.717, 1.165) is 17.5 Å². The number of rotatable bonds is 5. The molecular formula is C12H14ClNO4. The number of esters is 1. The molecule has 6 heteroatoms. The van der Waals surface area contributed by atoms with E-state index in [2.05, 4.69) is 4.98 Å². The molecule has 0 amide bonds. The van der Waals surface area contributed by atoms with E-state index in [1.807, 2.05) is 13.8 Å². The zero-order valence-electron chi connectivity index (χ0n) is 10.2. The number of carbonyl (C=O) groups is 2. The predicted molar refractivity (Wildman–Crippen MR) is 65.9 cm³/mol. The number of hydrogen-bond acceptors (Lipinski definition) is 4. The molecule has 0 aliphatic carbocycles. The van der Waals surface area contributed by atoms with E-state index in [4.69, 9.17) is 21.4 Å². The van der Waals surface area contributed by atoms with Gasteiger partial charge in [0.15, 0.2) is 0 Å². The summed E-state index contributed by atoms with van der Waals surface area (Å²) in [5.74, 6) is -2.17. The van der Waals surface area contributed by atoms with Gasteiger partial charge in [0.1, 0.15) is 11.4 Å². The number of nitrogens with zero attached hydrogens (tertiary/aromatic N) is 1. The van der Waals surface area contributed by atoms with E-state index >= 15 is 0 Å². The van der Waals surface area contributed by atoms with Crippen molar-refractivity contribution in [1.82, 2.24) is 4.98 Å². The van der Waals surface area contributed by atoms with Gasteiger partial charge in [-0.3, -0.25) is 9.59 Å². The van der Waals surface area contributed by atoms with Crippen molar-refractivity contribution in [3.63, 3.8) is 0 Å². The summed E-state index contributed by atoms with van der Waals surface area (Å²) in [7, 11) is 0. The van der Waals surface area contributed by atoms with Gasteiger partial charge in [0.25, 0.3) is 0 Å². The second-order valence-electron chi connectivity index (χ2n) is 3.63. The van der Waals surface area contributed by atoms with Crippen LogP contribution in [0, 0.1) is 0 Å². The molecule has 0 aliphatic rings. The van der Waals surface area contributed by atoms with Crippen molar-refractivity contribution >= 4 is 23.5 Å². The van der Waals surface area contributed by atoms with Crippen molar-refractivity contribution in [2.75, 3.05) is 0 Å². The van der Waals surface area contributed by atoms with Crippen LogP contribution in [0.4, 0.5) is 0 Å². The number of carboxylic acid groups (broad SMARTS) is 1. The van der Waals surface area contributed by atoms with Crippen molar-refractivity contribution in [2.45, 2.75) is 33.1 Å². The largest absolute Gasteiger partial charge is 0.481 e. The van der Waals surface area contributed by atoms with Crippen LogP contribution in [0.2, 0.25) is 5.02 Å². The van der Waals surface area contributed by atoms with Gasteiger partial charge in [-0.15, -0.1) is 0 Å². The lowest BCUT2D eigenvalue weighted by molar-refractivity contribution is -0.145. The van der Waals surface area contributed by atoms with Crippen LogP contribution in [0.25, 0.3) is 0 Å². The highest BCUT2D eigenvalue weighted by Gasteiger charge is 2.16. The molecule has 0 aliphatic heterocycles. The molecular weight excluding hydrogens is 258 g/mol. The van der Waals surface area contributed by atoms with Crippen LogP contribution in [0.1, 0.15) is 31.4 Å². The van der Waals surface area contributed by atoms with Crippen molar-refractivity contribution in [1.29, 1.82) is 0 Å². The average Bonchev–Trinajstić information content (AvgIpc) is 2.30. The molecule has 0 fully saturated rings. The number of aromatic nitrogens is 1. The predicted octanol–water partition coefficient (Wildman–Crippen LogP) is 2.24. The molecule has 0 saturated heterocycles. The monoisotopic (exact) mass is 271 g/mol. The Balaban J connectivity index is 2.97. The lowest BCUT2D eigenvalue weighted by Crippen LogP contribution is -2.14. The second-order valence-corrected chi connectivity index (χ2v) is 4.01. The minimum Gasteiger partial charge on any atom is -0.481 e. The third-order valence-corrected chi connectivity index (χ3v) is 2.81. The molecule has 1 aromatic heterocycles. The first kappa shape index (κ1) is 14.4. The SMILES string of the molecule is CCc1cnc(OC(=O)CC(=O)O)c(Cl)c1CC. The maximum absolute atomic E-state index is 11.2. The number of carboxylic acids is 1.